The van der Waals surface area contributed by atoms with Crippen molar-refractivity contribution < 1.29 is 9.66 Å². The van der Waals surface area contributed by atoms with Gasteiger partial charge in [0.15, 0.2) is 11.6 Å². The molecule has 0 bridgehead atoms. The minimum absolute atomic E-state index is 0.0898. The third-order valence-corrected chi connectivity index (χ3v) is 2.35. The molecule has 0 N–H and O–H groups in total. The molecule has 1 heterocycles. The van der Waals surface area contributed by atoms with Crippen molar-refractivity contribution in [2.45, 2.75) is 0 Å². The van der Waals surface area contributed by atoms with E-state index in [0.29, 0.717) is 11.4 Å². The van der Waals surface area contributed by atoms with E-state index in [1.807, 2.05) is 0 Å². The van der Waals surface area contributed by atoms with E-state index in [4.69, 9.17) is 4.74 Å². The van der Waals surface area contributed by atoms with Gasteiger partial charge in [0, 0.05) is 18.7 Å². The molecule has 0 radical (unpaired) electrons. The third-order valence-electron chi connectivity index (χ3n) is 2.35. The molecule has 0 saturated heterocycles. The Morgan fingerprint density at radius 1 is 1.47 bits per heavy atom. The van der Waals surface area contributed by atoms with Crippen LogP contribution in [0.3, 0.4) is 0 Å². The fourth-order valence-electron chi connectivity index (χ4n) is 1.52. The number of rotatable bonds is 3. The van der Waals surface area contributed by atoms with Gasteiger partial charge in [-0.1, -0.05) is 0 Å². The van der Waals surface area contributed by atoms with Crippen LogP contribution < -0.4 is 4.74 Å². The fraction of sp³-hybridized carbons (Fsp3) is 0.200. The van der Waals surface area contributed by atoms with Gasteiger partial charge < -0.3 is 9.30 Å². The summed E-state index contributed by atoms with van der Waals surface area (Å²) in [6.45, 7) is 0. The predicted molar refractivity (Wildman–Crippen MR) is 59.6 cm³/mol. The third kappa shape index (κ3) is 1.94. The summed E-state index contributed by atoms with van der Waals surface area (Å²) < 4.78 is 6.61. The highest BCUT2D eigenvalue weighted by Gasteiger charge is 2.17. The number of methoxy groups -OCH3 is 1. The van der Waals surface area contributed by atoms with Gasteiger partial charge in [-0.05, 0) is 12.1 Å². The van der Waals surface area contributed by atoms with Crippen molar-refractivity contribution in [2.75, 3.05) is 7.11 Å². The number of ether oxygens (including phenoxy) is 1. The molecule has 2 rings (SSSR count). The Morgan fingerprint density at radius 3 is 2.76 bits per heavy atom. The van der Waals surface area contributed by atoms with Gasteiger partial charge in [0.2, 0.25) is 0 Å². The van der Waals surface area contributed by atoms with Crippen LogP contribution in [0.25, 0.3) is 11.4 Å². The van der Waals surface area contributed by atoms with Crippen molar-refractivity contribution in [1.82, 2.24) is 14.8 Å². The van der Waals surface area contributed by atoms with Crippen molar-refractivity contribution in [2.24, 2.45) is 7.05 Å². The monoisotopic (exact) mass is 234 g/mol. The second-order valence-electron chi connectivity index (χ2n) is 3.41. The highest BCUT2D eigenvalue weighted by molar-refractivity contribution is 5.63. The van der Waals surface area contributed by atoms with Crippen LogP contribution in [0, 0.1) is 10.1 Å². The first-order valence-electron chi connectivity index (χ1n) is 4.80. The normalized spacial score (nSPS) is 10.2. The van der Waals surface area contributed by atoms with E-state index >= 15 is 0 Å². The lowest BCUT2D eigenvalue weighted by atomic mass is 10.2. The van der Waals surface area contributed by atoms with Crippen LogP contribution in [0.4, 0.5) is 5.69 Å². The molecule has 17 heavy (non-hydrogen) atoms. The van der Waals surface area contributed by atoms with E-state index in [2.05, 4.69) is 10.2 Å². The number of nitro groups is 1. The molecule has 0 aliphatic carbocycles. The molecule has 0 fully saturated rings. The highest BCUT2D eigenvalue weighted by atomic mass is 16.6. The van der Waals surface area contributed by atoms with Crippen molar-refractivity contribution in [3.8, 4) is 17.1 Å². The van der Waals surface area contributed by atoms with Crippen LogP contribution in [0.15, 0.2) is 24.5 Å². The number of hydrogen-bond acceptors (Lipinski definition) is 5. The zero-order valence-corrected chi connectivity index (χ0v) is 9.32. The molecule has 0 saturated carbocycles. The van der Waals surface area contributed by atoms with Gasteiger partial charge in [-0.3, -0.25) is 10.1 Å². The quantitative estimate of drug-likeness (QED) is 0.592. The molecule has 0 atom stereocenters. The van der Waals surface area contributed by atoms with Crippen molar-refractivity contribution in [3.63, 3.8) is 0 Å². The molecule has 0 amide bonds. The molecular weight excluding hydrogens is 224 g/mol. The molecule has 88 valence electrons. The summed E-state index contributed by atoms with van der Waals surface area (Å²) in [5.74, 6) is 0.789. The largest absolute Gasteiger partial charge is 0.490 e. The van der Waals surface area contributed by atoms with Gasteiger partial charge in [-0.25, -0.2) is 0 Å². The van der Waals surface area contributed by atoms with Crippen LogP contribution in [0.5, 0.6) is 5.75 Å². The van der Waals surface area contributed by atoms with E-state index in [0.717, 1.165) is 0 Å². The fourth-order valence-corrected chi connectivity index (χ4v) is 1.52. The Hall–Kier alpha value is -2.44. The Balaban J connectivity index is 2.55. The minimum atomic E-state index is -0.487. The maximum atomic E-state index is 10.9. The first-order valence-corrected chi connectivity index (χ1v) is 4.80. The van der Waals surface area contributed by atoms with E-state index < -0.39 is 4.92 Å². The zero-order chi connectivity index (χ0) is 12.4. The van der Waals surface area contributed by atoms with Gasteiger partial charge in [0.25, 0.3) is 0 Å². The predicted octanol–water partition coefficient (Wildman–Crippen LogP) is 1.40. The lowest BCUT2D eigenvalue weighted by molar-refractivity contribution is -0.385. The molecule has 1 aromatic carbocycles. The molecule has 0 unspecified atom stereocenters. The van der Waals surface area contributed by atoms with E-state index in [1.54, 1.807) is 23.7 Å². The smallest absolute Gasteiger partial charge is 0.311 e. The van der Waals surface area contributed by atoms with Crippen LogP contribution in [-0.2, 0) is 7.05 Å². The number of hydrogen-bond donors (Lipinski definition) is 0. The van der Waals surface area contributed by atoms with Gasteiger partial charge in [-0.15, -0.1) is 10.2 Å². The standard InChI is InChI=1S/C10H10N4O3/c1-13-6-11-12-10(13)7-3-4-9(17-2)8(5-7)14(15)16/h3-6H,1-2H3. The minimum Gasteiger partial charge on any atom is -0.490 e. The molecule has 0 aliphatic heterocycles. The molecule has 7 nitrogen and oxygen atoms in total. The first kappa shape index (κ1) is 11.1. The van der Waals surface area contributed by atoms with Crippen LogP contribution >= 0.6 is 0 Å². The topological polar surface area (TPSA) is 83.1 Å². The number of nitrogens with zero attached hydrogens (tertiary/aromatic N) is 4. The summed E-state index contributed by atoms with van der Waals surface area (Å²) in [5, 5.41) is 18.5. The summed E-state index contributed by atoms with van der Waals surface area (Å²) >= 11 is 0. The maximum Gasteiger partial charge on any atom is 0.311 e. The second-order valence-corrected chi connectivity index (χ2v) is 3.41. The molecule has 7 heteroatoms. The molecule has 1 aromatic heterocycles. The summed E-state index contributed by atoms with van der Waals surface area (Å²) in [4.78, 5) is 10.4. The number of aryl methyl sites for hydroxylation is 1. The van der Waals surface area contributed by atoms with Crippen LogP contribution in [0.1, 0.15) is 0 Å². The maximum absolute atomic E-state index is 10.9. The first-order chi connectivity index (χ1) is 8.13. The van der Waals surface area contributed by atoms with Gasteiger partial charge >= 0.3 is 5.69 Å². The lowest BCUT2D eigenvalue weighted by Crippen LogP contribution is -1.96. The Morgan fingerprint density at radius 2 is 2.24 bits per heavy atom. The molecule has 0 spiro atoms. The van der Waals surface area contributed by atoms with Crippen LogP contribution in [0.2, 0.25) is 0 Å². The van der Waals surface area contributed by atoms with E-state index in [1.165, 1.54) is 19.5 Å². The summed E-state index contributed by atoms with van der Waals surface area (Å²) in [7, 11) is 3.16. The van der Waals surface area contributed by atoms with Crippen molar-refractivity contribution in [3.05, 3.63) is 34.6 Å². The molecule has 0 aliphatic rings. The van der Waals surface area contributed by atoms with Gasteiger partial charge in [0.1, 0.15) is 6.33 Å². The van der Waals surface area contributed by atoms with Crippen molar-refractivity contribution in [1.29, 1.82) is 0 Å². The summed E-state index contributed by atoms with van der Waals surface area (Å²) in [6, 6.07) is 4.67. The number of aromatic nitrogens is 3. The van der Waals surface area contributed by atoms with Crippen LogP contribution in [-0.4, -0.2) is 26.8 Å². The number of benzene rings is 1. The Bertz CT molecular complexity index is 564. The second kappa shape index (κ2) is 4.20. The molecule has 2 aromatic rings. The average Bonchev–Trinajstić information content (AvgIpc) is 2.74. The zero-order valence-electron chi connectivity index (χ0n) is 9.32. The lowest BCUT2D eigenvalue weighted by Gasteiger charge is -2.04. The number of nitro benzene ring substituents is 1. The van der Waals surface area contributed by atoms with E-state index in [9.17, 15) is 10.1 Å². The highest BCUT2D eigenvalue weighted by Crippen LogP contribution is 2.30. The van der Waals surface area contributed by atoms with E-state index in [-0.39, 0.29) is 11.4 Å². The Kier molecular flexibility index (Phi) is 2.73. The van der Waals surface area contributed by atoms with Crippen molar-refractivity contribution >= 4 is 5.69 Å². The summed E-state index contributed by atoms with van der Waals surface area (Å²) in [6.07, 6.45) is 1.53. The average molecular weight is 234 g/mol. The van der Waals surface area contributed by atoms with Gasteiger partial charge in [-0.2, -0.15) is 0 Å². The summed E-state index contributed by atoms with van der Waals surface area (Å²) in [5.41, 5.74) is 0.533. The molecular formula is C10H10N4O3. The van der Waals surface area contributed by atoms with Gasteiger partial charge in [0.05, 0.1) is 12.0 Å². The Labute approximate surface area is 96.8 Å². The SMILES string of the molecule is COc1ccc(-c2nncn2C)cc1[N+](=O)[O-].